The first-order chi connectivity index (χ1) is 11.7. The molecule has 2 aromatic rings. The van der Waals surface area contributed by atoms with Crippen LogP contribution in [-0.4, -0.2) is 28.4 Å². The first-order valence-electron chi connectivity index (χ1n) is 7.85. The van der Waals surface area contributed by atoms with Gasteiger partial charge in [0.25, 0.3) is 0 Å². The van der Waals surface area contributed by atoms with Crippen molar-refractivity contribution in [3.63, 3.8) is 0 Å². The van der Waals surface area contributed by atoms with Gasteiger partial charge < -0.3 is 14.4 Å². The fourth-order valence-corrected chi connectivity index (χ4v) is 2.72. The van der Waals surface area contributed by atoms with E-state index in [1.54, 1.807) is 20.8 Å². The molecular weight excluding hydrogens is 335 g/mol. The molecule has 1 N–H and O–H groups in total. The van der Waals surface area contributed by atoms with Crippen LogP contribution in [0, 0.1) is 6.92 Å². The molecule has 136 valence electrons. The maximum absolute atomic E-state index is 13.4. The number of hydrogen-bond acceptors (Lipinski definition) is 3. The minimum absolute atomic E-state index is 0.0375. The highest BCUT2D eigenvalue weighted by Gasteiger charge is 2.35. The summed E-state index contributed by atoms with van der Waals surface area (Å²) in [6, 6.07) is 5.18. The van der Waals surface area contributed by atoms with E-state index >= 15 is 0 Å². The zero-order chi connectivity index (χ0) is 18.8. The summed E-state index contributed by atoms with van der Waals surface area (Å²) in [6.07, 6.45) is -3.45. The molecule has 0 atom stereocenters. The Morgan fingerprint density at radius 1 is 1.28 bits per heavy atom. The van der Waals surface area contributed by atoms with E-state index in [1.807, 2.05) is 0 Å². The molecule has 0 amide bonds. The topological polar surface area (TPSA) is 51.5 Å². The number of rotatable bonds is 5. The van der Waals surface area contributed by atoms with Crippen molar-refractivity contribution >= 4 is 5.97 Å². The Labute approximate surface area is 143 Å². The molecule has 0 saturated heterocycles. The Kier molecular flexibility index (Phi) is 5.57. The van der Waals surface area contributed by atoms with E-state index in [0.29, 0.717) is 5.56 Å². The monoisotopic (exact) mass is 355 g/mol. The molecule has 0 aliphatic rings. The third kappa shape index (κ3) is 4.04. The summed E-state index contributed by atoms with van der Waals surface area (Å²) in [4.78, 5) is 12.2. The Morgan fingerprint density at radius 3 is 2.48 bits per heavy atom. The minimum Gasteiger partial charge on any atom is -0.459 e. The summed E-state index contributed by atoms with van der Waals surface area (Å²) in [5, 5.41) is 9.25. The van der Waals surface area contributed by atoms with Crippen LogP contribution in [0.25, 0.3) is 11.3 Å². The Balaban J connectivity index is 2.66. The molecule has 0 saturated carbocycles. The van der Waals surface area contributed by atoms with E-state index < -0.39 is 17.7 Å². The smallest absolute Gasteiger partial charge is 0.417 e. The van der Waals surface area contributed by atoms with Crippen molar-refractivity contribution in [1.29, 1.82) is 0 Å². The van der Waals surface area contributed by atoms with Crippen LogP contribution in [-0.2, 0) is 17.5 Å². The largest absolute Gasteiger partial charge is 0.459 e. The van der Waals surface area contributed by atoms with Gasteiger partial charge in [-0.05, 0) is 32.4 Å². The summed E-state index contributed by atoms with van der Waals surface area (Å²) in [5.74, 6) is -0.602. The first-order valence-corrected chi connectivity index (χ1v) is 7.85. The average molecular weight is 355 g/mol. The lowest BCUT2D eigenvalue weighted by Crippen LogP contribution is -2.12. The molecule has 2 rings (SSSR count). The Morgan fingerprint density at radius 2 is 1.92 bits per heavy atom. The zero-order valence-electron chi connectivity index (χ0n) is 14.2. The summed E-state index contributed by atoms with van der Waals surface area (Å²) in [6.45, 7) is 4.76. The number of aliphatic hydroxyl groups is 1. The fraction of sp³-hybridized carbons (Fsp3) is 0.389. The summed E-state index contributed by atoms with van der Waals surface area (Å²) in [7, 11) is 0. The van der Waals surface area contributed by atoms with Crippen molar-refractivity contribution in [3.8, 4) is 11.3 Å². The van der Waals surface area contributed by atoms with Crippen molar-refractivity contribution in [2.75, 3.05) is 6.61 Å². The van der Waals surface area contributed by atoms with Gasteiger partial charge in [-0.2, -0.15) is 13.2 Å². The van der Waals surface area contributed by atoms with Crippen molar-refractivity contribution in [2.24, 2.45) is 0 Å². The predicted molar refractivity (Wildman–Crippen MR) is 87.2 cm³/mol. The average Bonchev–Trinajstić information content (AvgIpc) is 2.83. The van der Waals surface area contributed by atoms with Crippen LogP contribution >= 0.6 is 0 Å². The van der Waals surface area contributed by atoms with Crippen LogP contribution in [0.3, 0.4) is 0 Å². The molecule has 0 radical (unpaired) electrons. The van der Waals surface area contributed by atoms with E-state index in [-0.39, 0.29) is 36.1 Å². The van der Waals surface area contributed by atoms with Gasteiger partial charge in [-0.15, -0.1) is 0 Å². The maximum Gasteiger partial charge on any atom is 0.417 e. The summed E-state index contributed by atoms with van der Waals surface area (Å²) >= 11 is 0. The van der Waals surface area contributed by atoms with Crippen LogP contribution in [0.2, 0.25) is 0 Å². The highest BCUT2D eigenvalue weighted by atomic mass is 19.4. The van der Waals surface area contributed by atoms with Gasteiger partial charge in [0.15, 0.2) is 0 Å². The molecule has 1 aromatic heterocycles. The third-order valence-electron chi connectivity index (χ3n) is 3.72. The number of halogens is 3. The number of hydrogen-bond donors (Lipinski definition) is 1. The number of aliphatic hydroxyl groups excluding tert-OH is 1. The number of alkyl halides is 3. The van der Waals surface area contributed by atoms with E-state index in [4.69, 9.17) is 4.74 Å². The Bertz CT molecular complexity index is 763. The lowest BCUT2D eigenvalue weighted by Gasteiger charge is -2.15. The SMILES string of the molecule is Cc1c(C(=O)OC(C)C)cn(CCO)c1-c1ccccc1C(F)(F)F. The number of nitrogens with zero attached hydrogens (tertiary/aromatic N) is 1. The second-order valence-corrected chi connectivity index (χ2v) is 5.93. The van der Waals surface area contributed by atoms with E-state index in [9.17, 15) is 23.1 Å². The van der Waals surface area contributed by atoms with Crippen molar-refractivity contribution < 1.29 is 27.8 Å². The molecule has 0 bridgehead atoms. The third-order valence-corrected chi connectivity index (χ3v) is 3.72. The second kappa shape index (κ2) is 7.31. The number of ether oxygens (including phenoxy) is 1. The normalized spacial score (nSPS) is 11.8. The maximum atomic E-state index is 13.4. The van der Waals surface area contributed by atoms with Gasteiger partial charge in [-0.1, -0.05) is 18.2 Å². The molecule has 0 aliphatic heterocycles. The zero-order valence-corrected chi connectivity index (χ0v) is 14.2. The summed E-state index contributed by atoms with van der Waals surface area (Å²) in [5.41, 5.74) is -0.00803. The lowest BCUT2D eigenvalue weighted by atomic mass is 10.00. The van der Waals surface area contributed by atoms with Crippen LogP contribution in [0.4, 0.5) is 13.2 Å². The van der Waals surface area contributed by atoms with Crippen molar-refractivity contribution in [1.82, 2.24) is 4.57 Å². The molecule has 1 heterocycles. The van der Waals surface area contributed by atoms with E-state index in [0.717, 1.165) is 6.07 Å². The first kappa shape index (κ1) is 19.1. The van der Waals surface area contributed by atoms with Gasteiger partial charge in [-0.3, -0.25) is 0 Å². The second-order valence-electron chi connectivity index (χ2n) is 5.93. The molecule has 4 nitrogen and oxygen atoms in total. The van der Waals surface area contributed by atoms with Crippen LogP contribution < -0.4 is 0 Å². The van der Waals surface area contributed by atoms with Gasteiger partial charge in [0.1, 0.15) is 0 Å². The highest BCUT2D eigenvalue weighted by molar-refractivity contribution is 5.93. The Hall–Kier alpha value is -2.28. The molecule has 25 heavy (non-hydrogen) atoms. The van der Waals surface area contributed by atoms with Crippen LogP contribution in [0.15, 0.2) is 30.5 Å². The molecule has 1 aromatic carbocycles. The van der Waals surface area contributed by atoms with Crippen LogP contribution in [0.1, 0.15) is 35.3 Å². The number of carbonyl (C=O) groups is 1. The van der Waals surface area contributed by atoms with Gasteiger partial charge >= 0.3 is 12.1 Å². The van der Waals surface area contributed by atoms with E-state index in [1.165, 1.54) is 29.0 Å². The van der Waals surface area contributed by atoms with Gasteiger partial charge in [0, 0.05) is 18.3 Å². The minimum atomic E-state index is -4.53. The number of carbonyl (C=O) groups excluding carboxylic acids is 1. The quantitative estimate of drug-likeness (QED) is 0.824. The number of esters is 1. The van der Waals surface area contributed by atoms with Crippen molar-refractivity contribution in [2.45, 2.75) is 39.6 Å². The molecule has 0 fully saturated rings. The van der Waals surface area contributed by atoms with E-state index in [2.05, 4.69) is 0 Å². The van der Waals surface area contributed by atoms with Gasteiger partial charge in [0.05, 0.1) is 29.5 Å². The molecule has 0 spiro atoms. The highest BCUT2D eigenvalue weighted by Crippen LogP contribution is 2.39. The van der Waals surface area contributed by atoms with Crippen LogP contribution in [0.5, 0.6) is 0 Å². The molecular formula is C18H20F3NO3. The fourth-order valence-electron chi connectivity index (χ4n) is 2.72. The van der Waals surface area contributed by atoms with Crippen molar-refractivity contribution in [3.05, 3.63) is 47.2 Å². The standard InChI is InChI=1S/C18H20F3NO3/c1-11(2)25-17(24)14-10-22(8-9-23)16(12(14)3)13-6-4-5-7-15(13)18(19,20)21/h4-7,10-11,23H,8-9H2,1-3H3. The van der Waals surface area contributed by atoms with Gasteiger partial charge in [-0.25, -0.2) is 4.79 Å². The van der Waals surface area contributed by atoms with Gasteiger partial charge in [0.2, 0.25) is 0 Å². The number of aromatic nitrogens is 1. The predicted octanol–water partition coefficient (Wildman–Crippen LogP) is 4.04. The molecule has 0 aliphatic carbocycles. The summed E-state index contributed by atoms with van der Waals surface area (Å²) < 4.78 is 46.7. The number of benzene rings is 1. The molecule has 7 heteroatoms. The molecule has 0 unspecified atom stereocenters. The lowest BCUT2D eigenvalue weighted by molar-refractivity contribution is -0.137.